The van der Waals surface area contributed by atoms with Crippen LogP contribution in [0, 0.1) is 5.82 Å². The fourth-order valence-corrected chi connectivity index (χ4v) is 4.03. The molecule has 1 atom stereocenters. The van der Waals surface area contributed by atoms with E-state index in [9.17, 15) is 22.4 Å². The van der Waals surface area contributed by atoms with Crippen LogP contribution in [0.1, 0.15) is 38.3 Å². The third-order valence-corrected chi connectivity index (χ3v) is 5.52. The minimum atomic E-state index is -4.73. The minimum Gasteiger partial charge on any atom is -0.351 e. The molecule has 0 saturated heterocycles. The van der Waals surface area contributed by atoms with Gasteiger partial charge < -0.3 is 15.2 Å². The molecule has 0 amide bonds. The fraction of sp³-hybridized carbons (Fsp3) is 0.450. The molecule has 0 spiro atoms. The van der Waals surface area contributed by atoms with Gasteiger partial charge in [-0.1, -0.05) is 6.92 Å². The number of hydrogen-bond donors (Lipinski definition) is 2. The van der Waals surface area contributed by atoms with Crippen molar-refractivity contribution in [3.05, 3.63) is 57.8 Å². The van der Waals surface area contributed by atoms with Crippen LogP contribution in [0.15, 0.2) is 35.3 Å². The summed E-state index contributed by atoms with van der Waals surface area (Å²) in [5, 5.41) is 2.76. The second-order valence-electron chi connectivity index (χ2n) is 7.29. The summed E-state index contributed by atoms with van der Waals surface area (Å²) in [5.74, 6) is -0.751. The zero-order chi connectivity index (χ0) is 20.7. The van der Waals surface area contributed by atoms with E-state index in [-0.39, 0.29) is 41.5 Å². The number of nitrogens with one attached hydrogen (secondary N) is 2. The zero-order valence-electron chi connectivity index (χ0n) is 16.0. The molecule has 0 radical (unpaired) electrons. The fourth-order valence-electron chi connectivity index (χ4n) is 4.03. The topological polar surface area (TPSA) is 48.1 Å². The SMILES string of the molecule is CCN(CCC1(C(F)(F)F)c2cc(F)ccc2Nc2c1cc[nH]c2=O)C(C)C. The van der Waals surface area contributed by atoms with Crippen LogP contribution in [0.3, 0.4) is 0 Å². The van der Waals surface area contributed by atoms with Crippen LogP contribution in [-0.2, 0) is 5.41 Å². The Labute approximate surface area is 160 Å². The van der Waals surface area contributed by atoms with Crippen molar-refractivity contribution in [3.8, 4) is 0 Å². The van der Waals surface area contributed by atoms with Crippen molar-refractivity contribution in [2.75, 3.05) is 18.4 Å². The summed E-state index contributed by atoms with van der Waals surface area (Å²) in [5.41, 5.74) is -3.55. The van der Waals surface area contributed by atoms with Crippen molar-refractivity contribution >= 4 is 11.4 Å². The normalized spacial score (nSPS) is 18.8. The van der Waals surface area contributed by atoms with Crippen LogP contribution in [-0.4, -0.2) is 35.2 Å². The van der Waals surface area contributed by atoms with Gasteiger partial charge in [0.1, 0.15) is 16.9 Å². The van der Waals surface area contributed by atoms with Crippen molar-refractivity contribution in [2.45, 2.75) is 44.8 Å². The van der Waals surface area contributed by atoms with Gasteiger partial charge >= 0.3 is 6.18 Å². The summed E-state index contributed by atoms with van der Waals surface area (Å²) < 4.78 is 58.1. The number of fused-ring (bicyclic) bond motifs is 2. The van der Waals surface area contributed by atoms with Crippen molar-refractivity contribution in [2.24, 2.45) is 0 Å². The molecule has 0 fully saturated rings. The molecule has 4 nitrogen and oxygen atoms in total. The van der Waals surface area contributed by atoms with E-state index in [1.54, 1.807) is 0 Å². The molecule has 0 aliphatic carbocycles. The van der Waals surface area contributed by atoms with Crippen LogP contribution in [0.2, 0.25) is 0 Å². The predicted octanol–water partition coefficient (Wildman–Crippen LogP) is 4.54. The van der Waals surface area contributed by atoms with E-state index in [0.29, 0.717) is 6.54 Å². The highest BCUT2D eigenvalue weighted by Gasteiger charge is 2.60. The van der Waals surface area contributed by atoms with E-state index in [1.165, 1.54) is 18.3 Å². The standard InChI is InChI=1S/C20H23F4N3O/c1-4-27(12(2)3)10-8-19(20(22,23)24)14-7-9-25-18(28)17(14)26-16-6-5-13(21)11-15(16)19/h5-7,9,11-12,26H,4,8,10H2,1-3H3,(H,25,28). The Morgan fingerprint density at radius 1 is 1.18 bits per heavy atom. The maximum absolute atomic E-state index is 14.7. The van der Waals surface area contributed by atoms with E-state index in [2.05, 4.69) is 10.3 Å². The van der Waals surface area contributed by atoms with Gasteiger partial charge in [0.05, 0.1) is 0 Å². The number of hydrogen-bond acceptors (Lipinski definition) is 3. The number of benzene rings is 1. The van der Waals surface area contributed by atoms with Crippen LogP contribution in [0.5, 0.6) is 0 Å². The molecule has 1 aliphatic rings. The summed E-state index contributed by atoms with van der Waals surface area (Å²) >= 11 is 0. The van der Waals surface area contributed by atoms with Gasteiger partial charge in [-0.05, 0) is 63.2 Å². The monoisotopic (exact) mass is 397 g/mol. The van der Waals surface area contributed by atoms with Crippen molar-refractivity contribution in [1.29, 1.82) is 0 Å². The molecule has 2 heterocycles. The molecule has 152 valence electrons. The molecule has 2 N–H and O–H groups in total. The largest absolute Gasteiger partial charge is 0.402 e. The first kappa shape index (κ1) is 20.4. The van der Waals surface area contributed by atoms with E-state index >= 15 is 0 Å². The lowest BCUT2D eigenvalue weighted by Crippen LogP contribution is -2.49. The Morgan fingerprint density at radius 3 is 2.50 bits per heavy atom. The van der Waals surface area contributed by atoms with Gasteiger partial charge in [0.25, 0.3) is 5.56 Å². The summed E-state index contributed by atoms with van der Waals surface area (Å²) in [6.07, 6.45) is -3.85. The van der Waals surface area contributed by atoms with Crippen LogP contribution in [0.4, 0.5) is 28.9 Å². The number of H-pyrrole nitrogens is 1. The van der Waals surface area contributed by atoms with Crippen molar-refractivity contribution < 1.29 is 17.6 Å². The first-order chi connectivity index (χ1) is 13.1. The molecule has 0 saturated carbocycles. The molecule has 0 bridgehead atoms. The number of pyridine rings is 1. The number of aromatic nitrogens is 1. The van der Waals surface area contributed by atoms with Gasteiger partial charge in [0, 0.05) is 23.5 Å². The molecule has 1 aromatic heterocycles. The van der Waals surface area contributed by atoms with Crippen molar-refractivity contribution in [3.63, 3.8) is 0 Å². The maximum atomic E-state index is 14.7. The molecule has 28 heavy (non-hydrogen) atoms. The predicted molar refractivity (Wildman–Crippen MR) is 101 cm³/mol. The first-order valence-electron chi connectivity index (χ1n) is 9.21. The van der Waals surface area contributed by atoms with Gasteiger partial charge in [-0.25, -0.2) is 4.39 Å². The summed E-state index contributed by atoms with van der Waals surface area (Å²) in [7, 11) is 0. The number of anilines is 2. The lowest BCUT2D eigenvalue weighted by atomic mass is 9.68. The molecule has 1 unspecified atom stereocenters. The quantitative estimate of drug-likeness (QED) is 0.729. The van der Waals surface area contributed by atoms with E-state index in [0.717, 1.165) is 12.1 Å². The summed E-state index contributed by atoms with van der Waals surface area (Å²) in [6.45, 7) is 6.45. The Bertz CT molecular complexity index is 922. The van der Waals surface area contributed by atoms with Gasteiger partial charge in [-0.15, -0.1) is 0 Å². The average Bonchev–Trinajstić information content (AvgIpc) is 2.61. The zero-order valence-corrected chi connectivity index (χ0v) is 16.0. The number of alkyl halides is 3. The van der Waals surface area contributed by atoms with Crippen LogP contribution < -0.4 is 10.9 Å². The molecule has 1 aliphatic heterocycles. The number of halogens is 4. The second-order valence-corrected chi connectivity index (χ2v) is 7.29. The number of rotatable bonds is 5. The van der Waals surface area contributed by atoms with Gasteiger partial charge in [0.15, 0.2) is 0 Å². The lowest BCUT2D eigenvalue weighted by molar-refractivity contribution is -0.181. The Kier molecular flexibility index (Phi) is 5.27. The highest BCUT2D eigenvalue weighted by Crippen LogP contribution is 2.55. The Morgan fingerprint density at radius 2 is 1.89 bits per heavy atom. The maximum Gasteiger partial charge on any atom is 0.402 e. The smallest absolute Gasteiger partial charge is 0.351 e. The first-order valence-corrected chi connectivity index (χ1v) is 9.21. The van der Waals surface area contributed by atoms with E-state index in [1.807, 2.05) is 25.7 Å². The highest BCUT2D eigenvalue weighted by atomic mass is 19.4. The van der Waals surface area contributed by atoms with Crippen LogP contribution >= 0.6 is 0 Å². The third kappa shape index (κ3) is 3.19. The average molecular weight is 397 g/mol. The Hall–Kier alpha value is -2.35. The summed E-state index contributed by atoms with van der Waals surface area (Å²) in [6, 6.07) is 4.58. The van der Waals surface area contributed by atoms with Crippen LogP contribution in [0.25, 0.3) is 0 Å². The molecule has 3 rings (SSSR count). The molecular formula is C20H23F4N3O. The molecular weight excluding hydrogens is 374 g/mol. The Balaban J connectivity index is 2.27. The summed E-state index contributed by atoms with van der Waals surface area (Å²) in [4.78, 5) is 16.6. The molecule has 8 heteroatoms. The van der Waals surface area contributed by atoms with Gasteiger partial charge in [-0.2, -0.15) is 13.2 Å². The number of nitrogens with zero attached hydrogens (tertiary/aromatic N) is 1. The molecule has 1 aromatic carbocycles. The van der Waals surface area contributed by atoms with Crippen molar-refractivity contribution in [1.82, 2.24) is 9.88 Å². The van der Waals surface area contributed by atoms with Gasteiger partial charge in [-0.3, -0.25) is 4.79 Å². The van der Waals surface area contributed by atoms with Gasteiger partial charge in [0.2, 0.25) is 0 Å². The van der Waals surface area contributed by atoms with E-state index < -0.39 is 23.0 Å². The minimum absolute atomic E-state index is 0.0580. The highest BCUT2D eigenvalue weighted by molar-refractivity contribution is 5.75. The lowest BCUT2D eigenvalue weighted by Gasteiger charge is -2.43. The number of aromatic amines is 1. The second kappa shape index (κ2) is 7.24. The van der Waals surface area contributed by atoms with E-state index in [4.69, 9.17) is 0 Å². The molecule has 2 aromatic rings. The third-order valence-electron chi connectivity index (χ3n) is 5.52.